The van der Waals surface area contributed by atoms with Gasteiger partial charge in [-0.2, -0.15) is 13.2 Å². The zero-order valence-electron chi connectivity index (χ0n) is 10.6. The highest BCUT2D eigenvalue weighted by Crippen LogP contribution is 2.33. The standard InChI is InChI=1S/C13H14F3N3/c1-3-19-8(2)18-11(12(19)17)9-5-4-6-10(7-9)13(14,15)16/h4-7H,3,17H2,1-2H3. The minimum Gasteiger partial charge on any atom is -0.383 e. The predicted molar refractivity (Wildman–Crippen MR) is 67.5 cm³/mol. The molecule has 1 heterocycles. The van der Waals surface area contributed by atoms with E-state index in [0.717, 1.165) is 12.1 Å². The van der Waals surface area contributed by atoms with Crippen molar-refractivity contribution in [2.45, 2.75) is 26.6 Å². The van der Waals surface area contributed by atoms with E-state index in [1.807, 2.05) is 6.92 Å². The van der Waals surface area contributed by atoms with E-state index in [0.29, 0.717) is 29.4 Å². The fourth-order valence-corrected chi connectivity index (χ4v) is 2.04. The molecule has 0 aliphatic rings. The number of hydrogen-bond donors (Lipinski definition) is 1. The maximum absolute atomic E-state index is 12.7. The molecule has 1 aromatic carbocycles. The molecule has 6 heteroatoms. The molecule has 0 radical (unpaired) electrons. The van der Waals surface area contributed by atoms with Gasteiger partial charge in [0.05, 0.1) is 5.56 Å². The molecule has 0 unspecified atom stereocenters. The first-order valence-corrected chi connectivity index (χ1v) is 5.84. The quantitative estimate of drug-likeness (QED) is 0.907. The molecule has 3 nitrogen and oxygen atoms in total. The Labute approximate surface area is 108 Å². The Balaban J connectivity index is 2.54. The van der Waals surface area contributed by atoms with Gasteiger partial charge in [-0.3, -0.25) is 0 Å². The van der Waals surface area contributed by atoms with Gasteiger partial charge in [0, 0.05) is 12.1 Å². The van der Waals surface area contributed by atoms with E-state index in [-0.39, 0.29) is 0 Å². The van der Waals surface area contributed by atoms with Crippen molar-refractivity contribution in [3.05, 3.63) is 35.7 Å². The van der Waals surface area contributed by atoms with Crippen molar-refractivity contribution in [2.75, 3.05) is 5.73 Å². The molecular formula is C13H14F3N3. The first-order valence-electron chi connectivity index (χ1n) is 5.84. The highest BCUT2D eigenvalue weighted by molar-refractivity contribution is 5.71. The molecule has 0 saturated carbocycles. The van der Waals surface area contributed by atoms with Gasteiger partial charge >= 0.3 is 6.18 Å². The normalized spacial score (nSPS) is 11.8. The number of anilines is 1. The summed E-state index contributed by atoms with van der Waals surface area (Å²) in [5, 5.41) is 0. The number of halogens is 3. The topological polar surface area (TPSA) is 43.8 Å². The van der Waals surface area contributed by atoms with Crippen LogP contribution in [0.1, 0.15) is 18.3 Å². The zero-order valence-corrected chi connectivity index (χ0v) is 10.6. The summed E-state index contributed by atoms with van der Waals surface area (Å²) in [5.74, 6) is 1.08. The van der Waals surface area contributed by atoms with Crippen LogP contribution in [0.2, 0.25) is 0 Å². The lowest BCUT2D eigenvalue weighted by Gasteiger charge is -2.08. The molecule has 0 fully saturated rings. The van der Waals surface area contributed by atoms with Gasteiger partial charge in [0.2, 0.25) is 0 Å². The second-order valence-corrected chi connectivity index (χ2v) is 4.22. The SMILES string of the molecule is CCn1c(C)nc(-c2cccc(C(F)(F)F)c2)c1N. The number of hydrogen-bond acceptors (Lipinski definition) is 2. The Kier molecular flexibility index (Phi) is 3.26. The molecule has 102 valence electrons. The third-order valence-electron chi connectivity index (χ3n) is 2.98. The molecule has 2 N–H and O–H groups in total. The van der Waals surface area contributed by atoms with Gasteiger partial charge < -0.3 is 10.3 Å². The van der Waals surface area contributed by atoms with E-state index in [9.17, 15) is 13.2 Å². The summed E-state index contributed by atoms with van der Waals surface area (Å²) in [7, 11) is 0. The monoisotopic (exact) mass is 269 g/mol. The Bertz CT molecular complexity index is 600. The average molecular weight is 269 g/mol. The van der Waals surface area contributed by atoms with E-state index >= 15 is 0 Å². The van der Waals surface area contributed by atoms with Gasteiger partial charge in [0.15, 0.2) is 0 Å². The van der Waals surface area contributed by atoms with Gasteiger partial charge in [-0.05, 0) is 26.0 Å². The van der Waals surface area contributed by atoms with E-state index < -0.39 is 11.7 Å². The van der Waals surface area contributed by atoms with Crippen LogP contribution in [-0.4, -0.2) is 9.55 Å². The van der Waals surface area contributed by atoms with Gasteiger partial charge in [0.1, 0.15) is 17.3 Å². The summed E-state index contributed by atoms with van der Waals surface area (Å²) >= 11 is 0. The second-order valence-electron chi connectivity index (χ2n) is 4.22. The lowest BCUT2D eigenvalue weighted by Crippen LogP contribution is -2.05. The lowest BCUT2D eigenvalue weighted by molar-refractivity contribution is -0.137. The second kappa shape index (κ2) is 4.60. The molecule has 2 aromatic rings. The number of rotatable bonds is 2. The number of benzene rings is 1. The number of aromatic nitrogens is 2. The number of nitrogens with two attached hydrogens (primary N) is 1. The van der Waals surface area contributed by atoms with Crippen LogP contribution >= 0.6 is 0 Å². The lowest BCUT2D eigenvalue weighted by atomic mass is 10.1. The summed E-state index contributed by atoms with van der Waals surface area (Å²) < 4.78 is 39.8. The molecule has 0 spiro atoms. The van der Waals surface area contributed by atoms with Crippen molar-refractivity contribution in [3.8, 4) is 11.3 Å². The van der Waals surface area contributed by atoms with Gasteiger partial charge in [-0.25, -0.2) is 4.98 Å². The van der Waals surface area contributed by atoms with Crippen LogP contribution in [0.4, 0.5) is 19.0 Å². The molecule has 0 saturated heterocycles. The predicted octanol–water partition coefficient (Wildman–Crippen LogP) is 3.48. The third-order valence-corrected chi connectivity index (χ3v) is 2.98. The Morgan fingerprint density at radius 2 is 2.00 bits per heavy atom. The van der Waals surface area contributed by atoms with Crippen LogP contribution in [0.25, 0.3) is 11.3 Å². The summed E-state index contributed by atoms with van der Waals surface area (Å²) in [6, 6.07) is 5.03. The van der Waals surface area contributed by atoms with Crippen molar-refractivity contribution < 1.29 is 13.2 Å². The Morgan fingerprint density at radius 1 is 1.32 bits per heavy atom. The van der Waals surface area contributed by atoms with Crippen LogP contribution < -0.4 is 5.73 Å². The molecule has 19 heavy (non-hydrogen) atoms. The van der Waals surface area contributed by atoms with Crippen molar-refractivity contribution >= 4 is 5.82 Å². The van der Waals surface area contributed by atoms with E-state index in [2.05, 4.69) is 4.98 Å². The number of imidazole rings is 1. The number of aryl methyl sites for hydroxylation is 1. The first kappa shape index (κ1) is 13.5. The Morgan fingerprint density at radius 3 is 2.53 bits per heavy atom. The minimum absolute atomic E-state index is 0.377. The fraction of sp³-hybridized carbons (Fsp3) is 0.308. The third kappa shape index (κ3) is 2.43. The first-order chi connectivity index (χ1) is 8.84. The van der Waals surface area contributed by atoms with Crippen LogP contribution in [0.15, 0.2) is 24.3 Å². The van der Waals surface area contributed by atoms with Crippen LogP contribution in [0.5, 0.6) is 0 Å². The molecule has 2 rings (SSSR count). The average Bonchev–Trinajstić information content (AvgIpc) is 2.63. The van der Waals surface area contributed by atoms with Gasteiger partial charge in [-0.15, -0.1) is 0 Å². The van der Waals surface area contributed by atoms with Crippen molar-refractivity contribution in [1.82, 2.24) is 9.55 Å². The highest BCUT2D eigenvalue weighted by Gasteiger charge is 2.30. The number of nitrogen functional groups attached to an aromatic ring is 1. The maximum atomic E-state index is 12.7. The largest absolute Gasteiger partial charge is 0.416 e. The number of nitrogens with zero attached hydrogens (tertiary/aromatic N) is 2. The van der Waals surface area contributed by atoms with Crippen LogP contribution in [-0.2, 0) is 12.7 Å². The number of alkyl halides is 3. The minimum atomic E-state index is -4.37. The molecule has 0 aliphatic heterocycles. The maximum Gasteiger partial charge on any atom is 0.416 e. The van der Waals surface area contributed by atoms with Crippen LogP contribution in [0, 0.1) is 6.92 Å². The summed E-state index contributed by atoms with van der Waals surface area (Å²) in [5.41, 5.74) is 6.00. The van der Waals surface area contributed by atoms with E-state index in [1.165, 1.54) is 6.07 Å². The Hall–Kier alpha value is -1.98. The fourth-order valence-electron chi connectivity index (χ4n) is 2.04. The molecule has 0 amide bonds. The van der Waals surface area contributed by atoms with Crippen molar-refractivity contribution in [1.29, 1.82) is 0 Å². The summed E-state index contributed by atoms with van der Waals surface area (Å²) in [4.78, 5) is 4.25. The van der Waals surface area contributed by atoms with Crippen LogP contribution in [0.3, 0.4) is 0 Å². The molecule has 0 aliphatic carbocycles. The summed E-state index contributed by atoms with van der Waals surface area (Å²) in [6.07, 6.45) is -4.37. The smallest absolute Gasteiger partial charge is 0.383 e. The molecule has 0 atom stereocenters. The van der Waals surface area contributed by atoms with Gasteiger partial charge in [-0.1, -0.05) is 12.1 Å². The molecular weight excluding hydrogens is 255 g/mol. The van der Waals surface area contributed by atoms with E-state index in [4.69, 9.17) is 5.73 Å². The van der Waals surface area contributed by atoms with Crippen molar-refractivity contribution in [2.24, 2.45) is 0 Å². The molecule has 0 bridgehead atoms. The summed E-state index contributed by atoms with van der Waals surface area (Å²) in [6.45, 7) is 4.31. The van der Waals surface area contributed by atoms with E-state index in [1.54, 1.807) is 17.6 Å². The zero-order chi connectivity index (χ0) is 14.2. The highest BCUT2D eigenvalue weighted by atomic mass is 19.4. The van der Waals surface area contributed by atoms with Gasteiger partial charge in [0.25, 0.3) is 0 Å². The molecule has 1 aromatic heterocycles. The van der Waals surface area contributed by atoms with Crippen molar-refractivity contribution in [3.63, 3.8) is 0 Å².